The molecule has 2 heterocycles. The minimum atomic E-state index is -1.59. The molecule has 216 valence electrons. The van der Waals surface area contributed by atoms with E-state index >= 15 is 4.39 Å². The Balaban J connectivity index is 1.42. The van der Waals surface area contributed by atoms with Crippen molar-refractivity contribution in [2.45, 2.75) is 43.4 Å². The van der Waals surface area contributed by atoms with E-state index in [2.05, 4.69) is 4.98 Å². The van der Waals surface area contributed by atoms with Gasteiger partial charge in [-0.2, -0.15) is 0 Å². The highest BCUT2D eigenvalue weighted by Gasteiger charge is 2.41. The van der Waals surface area contributed by atoms with Crippen LogP contribution in [-0.4, -0.2) is 53.5 Å². The molecule has 40 heavy (non-hydrogen) atoms. The fraction of sp³-hybridized carbons (Fsp3) is 0.429. The van der Waals surface area contributed by atoms with Crippen LogP contribution in [0.15, 0.2) is 41.4 Å². The number of amides is 1. The molecule has 1 atom stereocenters. The summed E-state index contributed by atoms with van der Waals surface area (Å²) in [6.45, 7) is 0.443. The maximum atomic E-state index is 15.8. The van der Waals surface area contributed by atoms with Gasteiger partial charge >= 0.3 is 0 Å². The first-order valence-electron chi connectivity index (χ1n) is 12.8. The first-order valence-corrected chi connectivity index (χ1v) is 13.8. The second-order valence-corrected chi connectivity index (χ2v) is 11.0. The van der Waals surface area contributed by atoms with Crippen molar-refractivity contribution in [1.82, 2.24) is 15.4 Å². The number of alkyl halides is 2. The van der Waals surface area contributed by atoms with Crippen molar-refractivity contribution < 1.29 is 36.7 Å². The predicted molar refractivity (Wildman–Crippen MR) is 141 cm³/mol. The lowest BCUT2D eigenvalue weighted by Gasteiger charge is -2.40. The maximum absolute atomic E-state index is 15.8. The van der Waals surface area contributed by atoms with Crippen molar-refractivity contribution in [2.24, 2.45) is 5.41 Å². The summed E-state index contributed by atoms with van der Waals surface area (Å²) in [6, 6.07) is 6.39. The van der Waals surface area contributed by atoms with Crippen LogP contribution >= 0.6 is 11.8 Å². The van der Waals surface area contributed by atoms with Crippen molar-refractivity contribution in [3.8, 4) is 5.75 Å². The lowest BCUT2D eigenvalue weighted by Crippen LogP contribution is -2.48. The zero-order chi connectivity index (χ0) is 28.9. The number of piperidine rings is 1. The summed E-state index contributed by atoms with van der Waals surface area (Å²) in [6.07, 6.45) is 0.380. The molecule has 1 amide bonds. The van der Waals surface area contributed by atoms with E-state index in [9.17, 15) is 27.6 Å². The summed E-state index contributed by atoms with van der Waals surface area (Å²) >= 11 is 0.988. The highest BCUT2D eigenvalue weighted by molar-refractivity contribution is 7.99. The number of likely N-dealkylation sites (tertiary alicyclic amines) is 1. The van der Waals surface area contributed by atoms with Gasteiger partial charge in [0, 0.05) is 46.0 Å². The molecule has 0 radical (unpaired) electrons. The van der Waals surface area contributed by atoms with E-state index in [4.69, 9.17) is 4.74 Å². The minimum Gasteiger partial charge on any atom is -0.497 e. The molecule has 4 rings (SSSR count). The largest absolute Gasteiger partial charge is 0.497 e. The second-order valence-electron chi connectivity index (χ2n) is 9.83. The summed E-state index contributed by atoms with van der Waals surface area (Å²) in [5.41, 5.74) is 1.45. The number of ether oxygens (including phenoxy) is 1. The van der Waals surface area contributed by atoms with Gasteiger partial charge in [0.15, 0.2) is 11.6 Å². The van der Waals surface area contributed by atoms with Crippen LogP contribution in [0.5, 0.6) is 5.75 Å². The zero-order valence-electron chi connectivity index (χ0n) is 21.9. The Hall–Kier alpha value is -2.96. The number of methoxy groups -OCH3 is 1. The van der Waals surface area contributed by atoms with E-state index < -0.39 is 41.6 Å². The molecule has 1 aliphatic rings. The number of carbonyl (C=O) groups excluding carboxylic acids is 1. The summed E-state index contributed by atoms with van der Waals surface area (Å²) in [4.78, 5) is 18.9. The number of hydrogen-bond acceptors (Lipinski definition) is 6. The normalized spacial score (nSPS) is 16.2. The average molecular weight is 584 g/mol. The Morgan fingerprint density at radius 2 is 1.98 bits per heavy atom. The number of nitrogens with one attached hydrogen (secondary N) is 1. The summed E-state index contributed by atoms with van der Waals surface area (Å²) < 4.78 is 75.7. The number of halogens is 5. The van der Waals surface area contributed by atoms with Crippen molar-refractivity contribution in [2.75, 3.05) is 32.5 Å². The van der Waals surface area contributed by atoms with Crippen LogP contribution in [0.2, 0.25) is 0 Å². The number of rotatable bonds is 11. The molecule has 1 fully saturated rings. The Kier molecular flexibility index (Phi) is 9.85. The van der Waals surface area contributed by atoms with E-state index in [0.29, 0.717) is 60.9 Å². The molecule has 0 spiro atoms. The number of carbonyl (C=O) groups is 1. The monoisotopic (exact) mass is 583 g/mol. The van der Waals surface area contributed by atoms with Gasteiger partial charge in [-0.05, 0) is 63.0 Å². The number of aromatic nitrogens is 1. The van der Waals surface area contributed by atoms with Gasteiger partial charge in [0.25, 0.3) is 0 Å². The first kappa shape index (κ1) is 30.0. The van der Waals surface area contributed by atoms with Gasteiger partial charge in [-0.1, -0.05) is 0 Å². The Morgan fingerprint density at radius 3 is 2.65 bits per heavy atom. The molecular weight excluding hydrogens is 553 g/mol. The van der Waals surface area contributed by atoms with Crippen LogP contribution in [-0.2, 0) is 11.5 Å². The van der Waals surface area contributed by atoms with E-state index in [1.54, 1.807) is 23.7 Å². The van der Waals surface area contributed by atoms with E-state index in [1.165, 1.54) is 13.3 Å². The van der Waals surface area contributed by atoms with Gasteiger partial charge in [-0.3, -0.25) is 15.0 Å². The van der Waals surface area contributed by atoms with Gasteiger partial charge in [-0.25, -0.2) is 27.4 Å². The lowest BCUT2D eigenvalue weighted by atomic mass is 9.73. The molecule has 1 aromatic heterocycles. The molecule has 6 nitrogen and oxygen atoms in total. The van der Waals surface area contributed by atoms with Crippen molar-refractivity contribution in [3.63, 3.8) is 0 Å². The lowest BCUT2D eigenvalue weighted by molar-refractivity contribution is -0.143. The van der Waals surface area contributed by atoms with E-state index in [1.807, 2.05) is 4.90 Å². The topological polar surface area (TPSA) is 74.7 Å². The molecule has 1 aliphatic heterocycles. The molecule has 12 heteroatoms. The van der Waals surface area contributed by atoms with Crippen molar-refractivity contribution in [3.05, 3.63) is 65.1 Å². The minimum absolute atomic E-state index is 0.0863. The van der Waals surface area contributed by atoms with Crippen LogP contribution in [0.3, 0.4) is 0 Å². The quantitative estimate of drug-likeness (QED) is 0.0908. The predicted octanol–water partition coefficient (Wildman–Crippen LogP) is 6.30. The van der Waals surface area contributed by atoms with E-state index in [0.717, 1.165) is 17.8 Å². The van der Waals surface area contributed by atoms with Crippen LogP contribution in [0.1, 0.15) is 43.0 Å². The Morgan fingerprint density at radius 1 is 1.23 bits per heavy atom. The maximum Gasteiger partial charge on any atom is 0.249 e. The van der Waals surface area contributed by atoms with Crippen LogP contribution in [0.25, 0.3) is 10.9 Å². The van der Waals surface area contributed by atoms with Crippen molar-refractivity contribution >= 4 is 28.6 Å². The summed E-state index contributed by atoms with van der Waals surface area (Å²) in [5.74, 6) is -2.98. The third-order valence-corrected chi connectivity index (χ3v) is 8.55. The van der Waals surface area contributed by atoms with E-state index in [-0.39, 0.29) is 28.9 Å². The van der Waals surface area contributed by atoms with Gasteiger partial charge in [0.2, 0.25) is 5.91 Å². The molecule has 0 saturated carbocycles. The summed E-state index contributed by atoms with van der Waals surface area (Å²) in [5, 5.41) is 9.88. The molecule has 0 aliphatic carbocycles. The van der Waals surface area contributed by atoms with Crippen LogP contribution in [0, 0.1) is 22.9 Å². The number of benzene rings is 2. The molecule has 0 bridgehead atoms. The van der Waals surface area contributed by atoms with Crippen LogP contribution < -0.4 is 10.2 Å². The number of thioether (sulfide) groups is 1. The fourth-order valence-electron chi connectivity index (χ4n) is 5.22. The van der Waals surface area contributed by atoms with Gasteiger partial charge in [0.1, 0.15) is 24.4 Å². The molecular formula is C28H30F5N3O3S. The third kappa shape index (κ3) is 6.50. The third-order valence-electron chi connectivity index (χ3n) is 7.55. The molecule has 2 aromatic carbocycles. The highest BCUT2D eigenvalue weighted by atomic mass is 32.2. The molecule has 2 N–H and O–H groups in total. The zero-order valence-corrected chi connectivity index (χ0v) is 22.7. The number of nitrogens with zero attached hydrogens (tertiary/aromatic N) is 2. The molecule has 0 unspecified atom stereocenters. The van der Waals surface area contributed by atoms with Crippen molar-refractivity contribution in [1.29, 1.82) is 0 Å². The number of pyridine rings is 1. The Bertz CT molecular complexity index is 1350. The number of hydrogen-bond donors (Lipinski definition) is 2. The molecule has 3 aromatic rings. The fourth-order valence-corrected chi connectivity index (χ4v) is 6.21. The Labute approximate surface area is 232 Å². The number of hydroxylamine groups is 1. The SMILES string of the molecule is COc1ccc2ncc(CF)c([C@H](F)CCC3(C(=O)NO)CCN(CCSc4cc(F)cc(F)c4F)CC3)c2c1. The van der Waals surface area contributed by atoms with Gasteiger partial charge < -0.3 is 9.64 Å². The average Bonchev–Trinajstić information content (AvgIpc) is 2.97. The van der Waals surface area contributed by atoms with Gasteiger partial charge in [0.05, 0.1) is 18.0 Å². The van der Waals surface area contributed by atoms with Crippen LogP contribution in [0.4, 0.5) is 22.0 Å². The molecule has 1 saturated heterocycles. The smallest absolute Gasteiger partial charge is 0.249 e. The highest BCUT2D eigenvalue weighted by Crippen LogP contribution is 2.42. The number of fused-ring (bicyclic) bond motifs is 1. The van der Waals surface area contributed by atoms with Gasteiger partial charge in [-0.15, -0.1) is 11.8 Å². The second kappa shape index (κ2) is 13.1. The standard InChI is InChI=1S/C28H30F5N3O3S/c1-39-19-2-3-23-20(14-19)25(17(15-29)16-34-23)21(31)4-5-28(27(37)35-38)6-8-36(9-7-28)10-11-40-24-13-18(30)12-22(32)26(24)33/h2-3,12-14,16,21,38H,4-11,15H2,1H3,(H,35,37)/t21-/m1/s1. The summed E-state index contributed by atoms with van der Waals surface area (Å²) in [7, 11) is 1.47. The first-order chi connectivity index (χ1) is 19.2.